The molecule has 2 rings (SSSR count). The second-order valence-electron chi connectivity index (χ2n) is 5.94. The Bertz CT molecular complexity index is 617. The zero-order chi connectivity index (χ0) is 14.6. The van der Waals surface area contributed by atoms with Gasteiger partial charge in [0.1, 0.15) is 11.5 Å². The normalized spacial score (nSPS) is 10.6. The quantitative estimate of drug-likeness (QED) is 0.679. The maximum atomic E-state index is 5.79. The third kappa shape index (κ3) is 4.48. The summed E-state index contributed by atoms with van der Waals surface area (Å²) in [5, 5.41) is 0. The van der Waals surface area contributed by atoms with Crippen molar-refractivity contribution in [2.75, 3.05) is 0 Å². The molecule has 0 saturated heterocycles. The Morgan fingerprint density at radius 2 is 1.30 bits per heavy atom. The maximum absolute atomic E-state index is 5.79. The molecule has 0 atom stereocenters. The van der Waals surface area contributed by atoms with Crippen molar-refractivity contribution in [2.45, 2.75) is 27.7 Å². The first-order valence-electron chi connectivity index (χ1n) is 6.80. The minimum absolute atomic E-state index is 0.0249. The Labute approximate surface area is 121 Å². The van der Waals surface area contributed by atoms with Gasteiger partial charge in [0.25, 0.3) is 0 Å². The van der Waals surface area contributed by atoms with E-state index >= 15 is 0 Å². The highest BCUT2D eigenvalue weighted by molar-refractivity contribution is 5.40. The van der Waals surface area contributed by atoms with Gasteiger partial charge in [0.2, 0.25) is 0 Å². The fourth-order valence-electron chi connectivity index (χ4n) is 1.61. The van der Waals surface area contributed by atoms with E-state index in [-0.39, 0.29) is 5.41 Å². The van der Waals surface area contributed by atoms with E-state index in [1.54, 1.807) is 0 Å². The third-order valence-electron chi connectivity index (χ3n) is 2.69. The largest absolute Gasteiger partial charge is 0.457 e. The van der Waals surface area contributed by atoms with E-state index in [1.165, 1.54) is 5.56 Å². The summed E-state index contributed by atoms with van der Waals surface area (Å²) in [7, 11) is 0. The molecule has 0 aromatic heterocycles. The smallest absolute Gasteiger partial charge is 0.127 e. The van der Waals surface area contributed by atoms with E-state index in [0.29, 0.717) is 0 Å². The lowest BCUT2D eigenvalue weighted by molar-refractivity contribution is 0.482. The van der Waals surface area contributed by atoms with Gasteiger partial charge in [-0.1, -0.05) is 29.5 Å². The average molecular weight is 264 g/mol. The van der Waals surface area contributed by atoms with Crippen LogP contribution >= 0.6 is 0 Å². The molecule has 1 heteroatoms. The summed E-state index contributed by atoms with van der Waals surface area (Å²) in [6.45, 7) is 8.38. The first-order valence-corrected chi connectivity index (χ1v) is 6.80. The molecule has 0 bridgehead atoms. The molecule has 0 unspecified atom stereocenters. The van der Waals surface area contributed by atoms with Crippen molar-refractivity contribution in [3.63, 3.8) is 0 Å². The highest BCUT2D eigenvalue weighted by Crippen LogP contribution is 2.22. The zero-order valence-corrected chi connectivity index (χ0v) is 12.5. The summed E-state index contributed by atoms with van der Waals surface area (Å²) < 4.78 is 5.79. The van der Waals surface area contributed by atoms with Crippen molar-refractivity contribution in [3.8, 4) is 23.3 Å². The van der Waals surface area contributed by atoms with Crippen LogP contribution in [0.3, 0.4) is 0 Å². The minimum atomic E-state index is 0.0249. The van der Waals surface area contributed by atoms with Gasteiger partial charge in [-0.2, -0.15) is 0 Å². The lowest BCUT2D eigenvalue weighted by Crippen LogP contribution is -1.99. The monoisotopic (exact) mass is 264 g/mol. The molecular weight excluding hydrogens is 244 g/mol. The molecule has 0 aliphatic heterocycles. The van der Waals surface area contributed by atoms with E-state index in [4.69, 9.17) is 4.74 Å². The number of hydrogen-bond acceptors (Lipinski definition) is 1. The second-order valence-corrected chi connectivity index (χ2v) is 5.94. The molecule has 0 amide bonds. The summed E-state index contributed by atoms with van der Waals surface area (Å²) >= 11 is 0. The van der Waals surface area contributed by atoms with E-state index in [9.17, 15) is 0 Å². The van der Waals surface area contributed by atoms with Gasteiger partial charge < -0.3 is 4.74 Å². The highest BCUT2D eigenvalue weighted by Gasteiger charge is 2.03. The second kappa shape index (κ2) is 5.84. The Hall–Kier alpha value is -2.20. The average Bonchev–Trinajstić information content (AvgIpc) is 2.40. The van der Waals surface area contributed by atoms with Crippen LogP contribution in [0.2, 0.25) is 0 Å². The molecule has 1 nitrogen and oxygen atoms in total. The van der Waals surface area contributed by atoms with Gasteiger partial charge in [0.15, 0.2) is 0 Å². The van der Waals surface area contributed by atoms with Crippen LogP contribution in [0, 0.1) is 24.2 Å². The van der Waals surface area contributed by atoms with Gasteiger partial charge >= 0.3 is 0 Å². The fourth-order valence-corrected chi connectivity index (χ4v) is 1.61. The van der Waals surface area contributed by atoms with E-state index in [1.807, 2.05) is 48.5 Å². The van der Waals surface area contributed by atoms with E-state index in [2.05, 4.69) is 39.5 Å². The van der Waals surface area contributed by atoms with E-state index < -0.39 is 0 Å². The molecule has 2 aromatic carbocycles. The SMILES string of the molecule is Cc1ccc(Oc2ccc(C#CC(C)(C)C)cc2)cc1. The summed E-state index contributed by atoms with van der Waals surface area (Å²) in [5.74, 6) is 8.08. The Balaban J connectivity index is 2.08. The predicted octanol–water partition coefficient (Wildman–Crippen LogP) is 5.18. The van der Waals surface area contributed by atoms with Crippen molar-refractivity contribution >= 4 is 0 Å². The number of aryl methyl sites for hydroxylation is 1. The topological polar surface area (TPSA) is 9.23 Å². The molecule has 0 radical (unpaired) electrons. The summed E-state index contributed by atoms with van der Waals surface area (Å²) in [5.41, 5.74) is 2.26. The molecule has 102 valence electrons. The van der Waals surface area contributed by atoms with Gasteiger partial charge in [0, 0.05) is 11.0 Å². The summed E-state index contributed by atoms with van der Waals surface area (Å²) in [6, 6.07) is 15.9. The molecule has 0 aliphatic rings. The van der Waals surface area contributed by atoms with Crippen LogP contribution in [-0.4, -0.2) is 0 Å². The molecular formula is C19H20O. The lowest BCUT2D eigenvalue weighted by atomic mass is 9.97. The summed E-state index contributed by atoms with van der Waals surface area (Å²) in [4.78, 5) is 0. The first-order chi connectivity index (χ1) is 9.42. The van der Waals surface area contributed by atoms with Gasteiger partial charge in [-0.25, -0.2) is 0 Å². The molecule has 0 aliphatic carbocycles. The number of hydrogen-bond donors (Lipinski definition) is 0. The number of benzene rings is 2. The van der Waals surface area contributed by atoms with Crippen LogP contribution < -0.4 is 4.74 Å². The van der Waals surface area contributed by atoms with Crippen molar-refractivity contribution in [2.24, 2.45) is 5.41 Å². The fraction of sp³-hybridized carbons (Fsp3) is 0.263. The van der Waals surface area contributed by atoms with Gasteiger partial charge in [0.05, 0.1) is 0 Å². The lowest BCUT2D eigenvalue weighted by Gasteiger charge is -2.07. The van der Waals surface area contributed by atoms with Crippen LogP contribution in [0.25, 0.3) is 0 Å². The van der Waals surface area contributed by atoms with Crippen molar-refractivity contribution in [3.05, 3.63) is 59.7 Å². The Morgan fingerprint density at radius 1 is 0.800 bits per heavy atom. The molecule has 0 saturated carbocycles. The minimum Gasteiger partial charge on any atom is -0.457 e. The molecule has 0 fully saturated rings. The molecule has 0 spiro atoms. The first kappa shape index (κ1) is 14.2. The molecule has 20 heavy (non-hydrogen) atoms. The van der Waals surface area contributed by atoms with Crippen LogP contribution in [0.1, 0.15) is 31.9 Å². The standard InChI is InChI=1S/C19H20O/c1-15-5-9-17(10-6-15)20-18-11-7-16(8-12-18)13-14-19(2,3)4/h5-12H,1-4H3. The van der Waals surface area contributed by atoms with Gasteiger partial charge in [-0.15, -0.1) is 0 Å². The van der Waals surface area contributed by atoms with Crippen molar-refractivity contribution < 1.29 is 4.74 Å². The van der Waals surface area contributed by atoms with Crippen LogP contribution in [0.15, 0.2) is 48.5 Å². The zero-order valence-electron chi connectivity index (χ0n) is 12.5. The molecule has 0 heterocycles. The number of ether oxygens (including phenoxy) is 1. The molecule has 0 N–H and O–H groups in total. The van der Waals surface area contributed by atoms with E-state index in [0.717, 1.165) is 17.1 Å². The predicted molar refractivity (Wildman–Crippen MR) is 84.0 cm³/mol. The van der Waals surface area contributed by atoms with Crippen LogP contribution in [0.4, 0.5) is 0 Å². The highest BCUT2D eigenvalue weighted by atomic mass is 16.5. The Kier molecular flexibility index (Phi) is 4.15. The van der Waals surface area contributed by atoms with Crippen LogP contribution in [-0.2, 0) is 0 Å². The van der Waals surface area contributed by atoms with Crippen LogP contribution in [0.5, 0.6) is 11.5 Å². The van der Waals surface area contributed by atoms with Crippen molar-refractivity contribution in [1.82, 2.24) is 0 Å². The third-order valence-corrected chi connectivity index (χ3v) is 2.69. The summed E-state index contributed by atoms with van der Waals surface area (Å²) in [6.07, 6.45) is 0. The number of rotatable bonds is 2. The van der Waals surface area contributed by atoms with Crippen molar-refractivity contribution in [1.29, 1.82) is 0 Å². The Morgan fingerprint density at radius 3 is 1.80 bits per heavy atom. The van der Waals surface area contributed by atoms with Gasteiger partial charge in [-0.05, 0) is 64.1 Å². The molecule has 2 aromatic rings. The maximum Gasteiger partial charge on any atom is 0.127 e. The van der Waals surface area contributed by atoms with Gasteiger partial charge in [-0.3, -0.25) is 0 Å².